The average Bonchev–Trinajstić information content (AvgIpc) is 2.76. The van der Waals surface area contributed by atoms with Gasteiger partial charge in [-0.15, -0.1) is 0 Å². The third-order valence-corrected chi connectivity index (χ3v) is 5.98. The molecule has 192 valence electrons. The molecule has 0 radical (unpaired) electrons. The molecular weight excluding hydrogens is 466 g/mol. The Labute approximate surface area is 209 Å². The summed E-state index contributed by atoms with van der Waals surface area (Å²) in [5.74, 6) is -2.21. The molecule has 9 heteroatoms. The minimum absolute atomic E-state index is 0.212. The van der Waals surface area contributed by atoms with Gasteiger partial charge in [-0.05, 0) is 70.8 Å². The predicted molar refractivity (Wildman–Crippen MR) is 135 cm³/mol. The third-order valence-electron chi connectivity index (χ3n) is 5.98. The van der Waals surface area contributed by atoms with Gasteiger partial charge in [-0.3, -0.25) is 14.3 Å². The highest BCUT2D eigenvalue weighted by atomic mass is 19.3. The number of hydrogen-bond donors (Lipinski definition) is 1. The number of amides is 1. The van der Waals surface area contributed by atoms with E-state index >= 15 is 0 Å². The zero-order chi connectivity index (χ0) is 26.1. The number of alkyl halides is 2. The van der Waals surface area contributed by atoms with Crippen LogP contribution in [0.2, 0.25) is 0 Å². The number of fused-ring (bicyclic) bond motifs is 1. The van der Waals surface area contributed by atoms with Gasteiger partial charge in [-0.25, -0.2) is 18.6 Å². The molecule has 3 aromatic rings. The van der Waals surface area contributed by atoms with Crippen LogP contribution in [-0.4, -0.2) is 51.7 Å². The molecule has 1 amide bonds. The van der Waals surface area contributed by atoms with E-state index in [-0.39, 0.29) is 18.6 Å². The average molecular weight is 499 g/mol. The lowest BCUT2D eigenvalue weighted by atomic mass is 10.0. The second-order valence-electron chi connectivity index (χ2n) is 10.3. The van der Waals surface area contributed by atoms with Crippen molar-refractivity contribution in [1.29, 1.82) is 0 Å². The summed E-state index contributed by atoms with van der Waals surface area (Å²) in [5, 5.41) is 3.27. The molecule has 0 aliphatic carbocycles. The molecule has 0 saturated carbocycles. The minimum Gasteiger partial charge on any atom is -0.444 e. The SMILES string of the molecule is C[C@H](NC(=O)OC(C)(C)C)c1nc2cccc(CCCN3CC(F)(F)C3)c2c(=O)n1-c1ccccc1. The van der Waals surface area contributed by atoms with Crippen LogP contribution in [-0.2, 0) is 11.2 Å². The van der Waals surface area contributed by atoms with E-state index < -0.39 is 23.7 Å². The molecule has 7 nitrogen and oxygen atoms in total. The van der Waals surface area contributed by atoms with Crippen molar-refractivity contribution in [3.05, 3.63) is 70.3 Å². The Kier molecular flexibility index (Phi) is 7.13. The highest BCUT2D eigenvalue weighted by molar-refractivity contribution is 5.82. The van der Waals surface area contributed by atoms with E-state index in [0.717, 1.165) is 5.56 Å². The van der Waals surface area contributed by atoms with E-state index in [0.29, 0.717) is 41.8 Å². The van der Waals surface area contributed by atoms with Crippen molar-refractivity contribution in [1.82, 2.24) is 19.8 Å². The second-order valence-corrected chi connectivity index (χ2v) is 10.3. The summed E-state index contributed by atoms with van der Waals surface area (Å²) in [7, 11) is 0. The molecule has 1 aliphatic rings. The van der Waals surface area contributed by atoms with E-state index in [9.17, 15) is 18.4 Å². The predicted octanol–water partition coefficient (Wildman–Crippen LogP) is 4.85. The van der Waals surface area contributed by atoms with E-state index in [1.807, 2.05) is 42.5 Å². The number of nitrogens with one attached hydrogen (secondary N) is 1. The fourth-order valence-electron chi connectivity index (χ4n) is 4.45. The molecule has 1 N–H and O–H groups in total. The number of halogens is 2. The monoisotopic (exact) mass is 498 g/mol. The number of para-hydroxylation sites is 1. The van der Waals surface area contributed by atoms with Gasteiger partial charge in [0.05, 0.1) is 35.7 Å². The second kappa shape index (κ2) is 9.97. The van der Waals surface area contributed by atoms with Crippen LogP contribution in [0.4, 0.5) is 13.6 Å². The van der Waals surface area contributed by atoms with Crippen LogP contribution in [0.15, 0.2) is 53.3 Å². The number of benzene rings is 2. The largest absolute Gasteiger partial charge is 0.444 e. The topological polar surface area (TPSA) is 76.5 Å². The molecule has 0 unspecified atom stereocenters. The molecule has 1 atom stereocenters. The van der Waals surface area contributed by atoms with Gasteiger partial charge in [-0.2, -0.15) is 0 Å². The van der Waals surface area contributed by atoms with Crippen LogP contribution in [0.5, 0.6) is 0 Å². The van der Waals surface area contributed by atoms with Crippen LogP contribution in [0, 0.1) is 0 Å². The zero-order valence-corrected chi connectivity index (χ0v) is 21.1. The quantitative estimate of drug-likeness (QED) is 0.504. The molecule has 36 heavy (non-hydrogen) atoms. The number of rotatable bonds is 7. The lowest BCUT2D eigenvalue weighted by Crippen LogP contribution is -2.56. The van der Waals surface area contributed by atoms with Crippen LogP contribution < -0.4 is 10.9 Å². The number of alkyl carbamates (subject to hydrolysis) is 1. The van der Waals surface area contributed by atoms with Gasteiger partial charge >= 0.3 is 6.09 Å². The van der Waals surface area contributed by atoms with Gasteiger partial charge < -0.3 is 10.1 Å². The van der Waals surface area contributed by atoms with Crippen LogP contribution in [0.25, 0.3) is 16.6 Å². The number of nitrogens with zero attached hydrogens (tertiary/aromatic N) is 3. The fourth-order valence-corrected chi connectivity index (χ4v) is 4.45. The summed E-state index contributed by atoms with van der Waals surface area (Å²) < 4.78 is 33.2. The Hall–Kier alpha value is -3.33. The first kappa shape index (κ1) is 25.8. The maximum atomic E-state index is 13.9. The van der Waals surface area contributed by atoms with Gasteiger partial charge in [0.1, 0.15) is 11.4 Å². The molecule has 1 saturated heterocycles. The normalized spacial score (nSPS) is 16.4. The summed E-state index contributed by atoms with van der Waals surface area (Å²) in [6.45, 7) is 7.21. The van der Waals surface area contributed by atoms with E-state index in [4.69, 9.17) is 9.72 Å². The first-order chi connectivity index (χ1) is 16.9. The zero-order valence-electron chi connectivity index (χ0n) is 21.1. The van der Waals surface area contributed by atoms with Crippen LogP contribution in [0.1, 0.15) is 51.5 Å². The summed E-state index contributed by atoms with van der Waals surface area (Å²) in [6.07, 6.45) is 0.614. The van der Waals surface area contributed by atoms with Gasteiger partial charge in [0, 0.05) is 0 Å². The van der Waals surface area contributed by atoms with Crippen molar-refractivity contribution in [3.63, 3.8) is 0 Å². The van der Waals surface area contributed by atoms with Crippen molar-refractivity contribution in [2.75, 3.05) is 19.6 Å². The minimum atomic E-state index is -2.59. The molecule has 0 bridgehead atoms. The van der Waals surface area contributed by atoms with Crippen LogP contribution in [0.3, 0.4) is 0 Å². The highest BCUT2D eigenvalue weighted by Gasteiger charge is 2.43. The Morgan fingerprint density at radius 2 is 1.83 bits per heavy atom. The van der Waals surface area contributed by atoms with Crippen molar-refractivity contribution in [3.8, 4) is 5.69 Å². The smallest absolute Gasteiger partial charge is 0.408 e. The molecule has 1 aliphatic heterocycles. The maximum absolute atomic E-state index is 13.9. The number of likely N-dealkylation sites (tertiary alicyclic amines) is 1. The molecular formula is C27H32F2N4O3. The number of carbonyl (C=O) groups excluding carboxylic acids is 1. The summed E-state index contributed by atoms with van der Waals surface area (Å²) in [5.41, 5.74) is 1.06. The number of carbonyl (C=O) groups is 1. The Bertz CT molecular complexity index is 1290. The maximum Gasteiger partial charge on any atom is 0.408 e. The number of hydrogen-bond acceptors (Lipinski definition) is 5. The first-order valence-corrected chi connectivity index (χ1v) is 12.1. The van der Waals surface area contributed by atoms with Gasteiger partial charge in [0.15, 0.2) is 0 Å². The lowest BCUT2D eigenvalue weighted by Gasteiger charge is -2.38. The number of aromatic nitrogens is 2. The first-order valence-electron chi connectivity index (χ1n) is 12.1. The highest BCUT2D eigenvalue weighted by Crippen LogP contribution is 2.27. The van der Waals surface area contributed by atoms with Crippen molar-refractivity contribution in [2.24, 2.45) is 0 Å². The molecule has 1 aromatic heterocycles. The van der Waals surface area contributed by atoms with Crippen molar-refractivity contribution in [2.45, 2.75) is 58.1 Å². The summed E-state index contributed by atoms with van der Waals surface area (Å²) in [6, 6.07) is 14.0. The van der Waals surface area contributed by atoms with Crippen molar-refractivity contribution < 1.29 is 18.3 Å². The van der Waals surface area contributed by atoms with Crippen LogP contribution >= 0.6 is 0 Å². The molecule has 2 heterocycles. The standard InChI is InChI=1S/C27H32F2N4O3/c1-18(30-25(35)36-26(2,3)4)23-31-21-14-8-10-19(11-9-15-32-16-27(28,29)17-32)22(21)24(34)33(23)20-12-6-5-7-13-20/h5-8,10,12-14,18H,9,11,15-17H2,1-4H3,(H,30,35)/t18-/m0/s1. The summed E-state index contributed by atoms with van der Waals surface area (Å²) in [4.78, 5) is 32.9. The Morgan fingerprint density at radius 1 is 1.14 bits per heavy atom. The molecule has 4 rings (SSSR count). The van der Waals surface area contributed by atoms with Gasteiger partial charge in [-0.1, -0.05) is 30.3 Å². The van der Waals surface area contributed by atoms with E-state index in [2.05, 4.69) is 5.32 Å². The third kappa shape index (κ3) is 5.90. The lowest BCUT2D eigenvalue weighted by molar-refractivity contribution is -0.130. The summed E-state index contributed by atoms with van der Waals surface area (Å²) >= 11 is 0. The molecule has 2 aromatic carbocycles. The fraction of sp³-hybridized carbons (Fsp3) is 0.444. The Morgan fingerprint density at radius 3 is 2.47 bits per heavy atom. The van der Waals surface area contributed by atoms with Crippen molar-refractivity contribution >= 4 is 17.0 Å². The van der Waals surface area contributed by atoms with E-state index in [1.165, 1.54) is 4.57 Å². The Balaban J connectivity index is 1.69. The number of ether oxygens (including phenoxy) is 1. The molecule has 1 fully saturated rings. The molecule has 0 spiro atoms. The van der Waals surface area contributed by atoms with E-state index in [1.54, 1.807) is 38.7 Å². The number of aryl methyl sites for hydroxylation is 1. The van der Waals surface area contributed by atoms with Gasteiger partial charge in [0.2, 0.25) is 0 Å². The van der Waals surface area contributed by atoms with Gasteiger partial charge in [0.25, 0.3) is 11.5 Å².